The number of nitrogens with two attached hydrogens (primary N) is 1. The molecule has 1 atom stereocenters. The van der Waals surface area contributed by atoms with Crippen LogP contribution in [0.25, 0.3) is 22.2 Å². The predicted molar refractivity (Wildman–Crippen MR) is 120 cm³/mol. The molecule has 1 amide bonds. The number of nitrogens with one attached hydrogen (secondary N) is 1. The second kappa shape index (κ2) is 7.28. The number of ether oxygens (including phenoxy) is 1. The molecule has 154 valence electrons. The van der Waals surface area contributed by atoms with Crippen LogP contribution in [-0.4, -0.2) is 27.8 Å². The number of hydrogen-bond acceptors (Lipinski definition) is 5. The third-order valence-corrected chi connectivity index (χ3v) is 5.58. The minimum Gasteiger partial charge on any atom is -0.496 e. The van der Waals surface area contributed by atoms with Gasteiger partial charge in [0.2, 0.25) is 11.9 Å². The van der Waals surface area contributed by atoms with E-state index < -0.39 is 11.9 Å². The van der Waals surface area contributed by atoms with Crippen LogP contribution in [0.3, 0.4) is 0 Å². The number of anilines is 1. The smallest absolute Gasteiger partial charge is 0.248 e. The van der Waals surface area contributed by atoms with E-state index in [0.29, 0.717) is 28.8 Å². The maximum atomic E-state index is 12.4. The monoisotopic (exact) mass is 411 g/mol. The first-order valence-corrected chi connectivity index (χ1v) is 9.93. The van der Waals surface area contributed by atoms with Crippen molar-refractivity contribution in [1.82, 2.24) is 14.8 Å². The Bertz CT molecular complexity index is 1350. The summed E-state index contributed by atoms with van der Waals surface area (Å²) in [5.41, 5.74) is 8.56. The SMILES string of the molecule is COc1ccccc1C1C(C(N)=O)=C(C)Nc2nc(-c3cccc4ccccc34)nn21. The Hall–Kier alpha value is -4.13. The van der Waals surface area contributed by atoms with Crippen LogP contribution in [0.5, 0.6) is 5.75 Å². The van der Waals surface area contributed by atoms with Crippen LogP contribution >= 0.6 is 0 Å². The van der Waals surface area contributed by atoms with Crippen molar-refractivity contribution in [1.29, 1.82) is 0 Å². The lowest BCUT2D eigenvalue weighted by molar-refractivity contribution is -0.115. The van der Waals surface area contributed by atoms with Crippen LogP contribution in [0.1, 0.15) is 18.5 Å². The second-order valence-electron chi connectivity index (χ2n) is 7.40. The van der Waals surface area contributed by atoms with E-state index in [-0.39, 0.29) is 0 Å². The zero-order valence-corrected chi connectivity index (χ0v) is 17.2. The van der Waals surface area contributed by atoms with Crippen molar-refractivity contribution >= 4 is 22.6 Å². The number of rotatable bonds is 4. The number of methoxy groups -OCH3 is 1. The first-order valence-electron chi connectivity index (χ1n) is 9.93. The third-order valence-electron chi connectivity index (χ3n) is 5.58. The number of hydrogen-bond donors (Lipinski definition) is 2. The number of fused-ring (bicyclic) bond motifs is 2. The van der Waals surface area contributed by atoms with Gasteiger partial charge in [-0.2, -0.15) is 4.98 Å². The number of carbonyl (C=O) groups excluding carboxylic acids is 1. The highest BCUT2D eigenvalue weighted by Gasteiger charge is 2.35. The molecule has 4 aromatic rings. The molecule has 1 aromatic heterocycles. The fraction of sp³-hybridized carbons (Fsp3) is 0.125. The van der Waals surface area contributed by atoms with E-state index in [0.717, 1.165) is 21.9 Å². The summed E-state index contributed by atoms with van der Waals surface area (Å²) in [5.74, 6) is 1.24. The Kier molecular flexibility index (Phi) is 4.43. The van der Waals surface area contributed by atoms with E-state index in [1.807, 2.05) is 61.5 Å². The summed E-state index contributed by atoms with van der Waals surface area (Å²) in [7, 11) is 1.60. The first kappa shape index (κ1) is 18.9. The van der Waals surface area contributed by atoms with Gasteiger partial charge in [0.25, 0.3) is 0 Å². The van der Waals surface area contributed by atoms with Gasteiger partial charge in [0.05, 0.1) is 12.7 Å². The molecule has 0 bridgehead atoms. The van der Waals surface area contributed by atoms with Crippen LogP contribution < -0.4 is 15.8 Å². The lowest BCUT2D eigenvalue weighted by Crippen LogP contribution is -2.32. The van der Waals surface area contributed by atoms with E-state index in [9.17, 15) is 4.79 Å². The zero-order valence-electron chi connectivity index (χ0n) is 17.2. The van der Waals surface area contributed by atoms with Crippen LogP contribution in [-0.2, 0) is 4.79 Å². The summed E-state index contributed by atoms with van der Waals surface area (Å²) >= 11 is 0. The molecule has 1 aliphatic rings. The van der Waals surface area contributed by atoms with Gasteiger partial charge in [0.15, 0.2) is 5.82 Å². The van der Waals surface area contributed by atoms with Gasteiger partial charge < -0.3 is 15.8 Å². The summed E-state index contributed by atoms with van der Waals surface area (Å²) < 4.78 is 7.28. The predicted octanol–water partition coefficient (Wildman–Crippen LogP) is 3.88. The van der Waals surface area contributed by atoms with Crippen LogP contribution in [0.4, 0.5) is 5.95 Å². The lowest BCUT2D eigenvalue weighted by Gasteiger charge is -2.28. The van der Waals surface area contributed by atoms with Crippen molar-refractivity contribution in [2.45, 2.75) is 13.0 Å². The Morgan fingerprint density at radius 2 is 1.81 bits per heavy atom. The molecule has 1 aliphatic heterocycles. The van der Waals surface area contributed by atoms with Crippen molar-refractivity contribution in [3.63, 3.8) is 0 Å². The van der Waals surface area contributed by atoms with E-state index in [1.165, 1.54) is 0 Å². The fourth-order valence-corrected chi connectivity index (χ4v) is 4.18. The molecule has 0 saturated carbocycles. The normalized spacial score (nSPS) is 15.5. The molecule has 3 N–H and O–H groups in total. The minimum atomic E-state index is -0.555. The van der Waals surface area contributed by atoms with Gasteiger partial charge >= 0.3 is 0 Å². The average Bonchev–Trinajstić information content (AvgIpc) is 3.20. The average molecular weight is 411 g/mol. The maximum absolute atomic E-state index is 12.4. The molecular weight excluding hydrogens is 390 g/mol. The summed E-state index contributed by atoms with van der Waals surface area (Å²) in [4.78, 5) is 17.2. The number of para-hydroxylation sites is 1. The van der Waals surface area contributed by atoms with Crippen LogP contribution in [0.2, 0.25) is 0 Å². The number of benzene rings is 3. The third kappa shape index (κ3) is 3.02. The van der Waals surface area contributed by atoms with E-state index in [2.05, 4.69) is 17.4 Å². The van der Waals surface area contributed by atoms with E-state index in [4.69, 9.17) is 20.6 Å². The zero-order chi connectivity index (χ0) is 21.5. The molecule has 0 aliphatic carbocycles. The Labute approximate surface area is 179 Å². The fourth-order valence-electron chi connectivity index (χ4n) is 4.18. The summed E-state index contributed by atoms with van der Waals surface area (Å²) in [6.45, 7) is 1.82. The molecule has 0 fully saturated rings. The quantitative estimate of drug-likeness (QED) is 0.531. The molecule has 7 nitrogen and oxygen atoms in total. The topological polar surface area (TPSA) is 95.1 Å². The number of allylic oxidation sites excluding steroid dienone is 1. The first-order chi connectivity index (χ1) is 15.1. The van der Waals surface area contributed by atoms with Gasteiger partial charge in [-0.1, -0.05) is 60.7 Å². The summed E-state index contributed by atoms with van der Waals surface area (Å²) in [6, 6.07) is 21.1. The molecule has 0 radical (unpaired) electrons. The number of nitrogens with zero attached hydrogens (tertiary/aromatic N) is 3. The summed E-state index contributed by atoms with van der Waals surface area (Å²) in [6.07, 6.45) is 0. The maximum Gasteiger partial charge on any atom is 0.248 e. The lowest BCUT2D eigenvalue weighted by atomic mass is 9.94. The Morgan fingerprint density at radius 3 is 2.61 bits per heavy atom. The Balaban J connectivity index is 1.73. The van der Waals surface area contributed by atoms with E-state index >= 15 is 0 Å². The van der Waals surface area contributed by atoms with Crippen molar-refractivity contribution in [3.8, 4) is 17.1 Å². The molecule has 31 heavy (non-hydrogen) atoms. The van der Waals surface area contributed by atoms with Crippen molar-refractivity contribution in [3.05, 3.63) is 83.6 Å². The Morgan fingerprint density at radius 1 is 1.06 bits per heavy atom. The molecule has 0 spiro atoms. The largest absolute Gasteiger partial charge is 0.496 e. The van der Waals surface area contributed by atoms with Crippen molar-refractivity contribution in [2.75, 3.05) is 12.4 Å². The highest BCUT2D eigenvalue weighted by molar-refractivity contribution is 5.96. The van der Waals surface area contributed by atoms with Crippen molar-refractivity contribution in [2.24, 2.45) is 5.73 Å². The van der Waals surface area contributed by atoms with Gasteiger partial charge in [0, 0.05) is 16.8 Å². The molecule has 2 heterocycles. The van der Waals surface area contributed by atoms with Gasteiger partial charge in [-0.05, 0) is 23.8 Å². The highest BCUT2D eigenvalue weighted by atomic mass is 16.5. The van der Waals surface area contributed by atoms with Gasteiger partial charge in [-0.25, -0.2) is 4.68 Å². The second-order valence-corrected chi connectivity index (χ2v) is 7.40. The van der Waals surface area contributed by atoms with Crippen LogP contribution in [0, 0.1) is 0 Å². The summed E-state index contributed by atoms with van der Waals surface area (Å²) in [5, 5.41) is 10.2. The van der Waals surface area contributed by atoms with E-state index in [1.54, 1.807) is 11.8 Å². The molecule has 3 aromatic carbocycles. The van der Waals surface area contributed by atoms with Crippen LogP contribution in [0.15, 0.2) is 78.0 Å². The number of amides is 1. The van der Waals surface area contributed by atoms with Gasteiger partial charge in [-0.15, -0.1) is 5.10 Å². The molecule has 1 unspecified atom stereocenters. The van der Waals surface area contributed by atoms with Crippen molar-refractivity contribution < 1.29 is 9.53 Å². The highest BCUT2D eigenvalue weighted by Crippen LogP contribution is 2.40. The molecular formula is C24H21N5O2. The number of carbonyl (C=O) groups is 1. The standard InChI is InChI=1S/C24H21N5O2/c1-14-20(22(25)30)21(18-11-5-6-13-19(18)31-2)29-24(26-14)27-23(28-29)17-12-7-9-15-8-3-4-10-16(15)17/h3-13,21H,1-2H3,(H2,25,30)(H,26,27,28). The van der Waals surface area contributed by atoms with Gasteiger partial charge in [0.1, 0.15) is 11.8 Å². The number of aromatic nitrogens is 3. The van der Waals surface area contributed by atoms with Gasteiger partial charge in [-0.3, -0.25) is 4.79 Å². The molecule has 5 rings (SSSR count). The molecule has 7 heteroatoms. The minimum absolute atomic E-state index is 0.423. The number of primary amides is 1. The molecule has 0 saturated heterocycles.